The molecular weight excluding hydrogens is 212 g/mol. The number of allylic oxidation sites excluding steroid dienone is 3. The molecule has 0 aromatic heterocycles. The van der Waals surface area contributed by atoms with E-state index in [1.54, 1.807) is 12.2 Å². The minimum Gasteiger partial charge on any atom is -0.335 e. The van der Waals surface area contributed by atoms with E-state index in [0.29, 0.717) is 6.04 Å². The Kier molecular flexibility index (Phi) is 5.98. The Bertz CT molecular complexity index is 289. The Hall–Kier alpha value is -1.09. The van der Waals surface area contributed by atoms with Crippen molar-refractivity contribution >= 4 is 5.91 Å². The summed E-state index contributed by atoms with van der Waals surface area (Å²) in [5.41, 5.74) is 0. The number of rotatable bonds is 5. The average Bonchev–Trinajstić information content (AvgIpc) is 2.78. The van der Waals surface area contributed by atoms with Crippen molar-refractivity contribution in [3.05, 3.63) is 24.3 Å². The van der Waals surface area contributed by atoms with E-state index in [2.05, 4.69) is 19.2 Å². The lowest BCUT2D eigenvalue weighted by atomic mass is 10.2. The summed E-state index contributed by atoms with van der Waals surface area (Å²) in [5.74, 6) is 0.104. The second-order valence-corrected chi connectivity index (χ2v) is 4.76. The van der Waals surface area contributed by atoms with Crippen molar-refractivity contribution in [3.8, 4) is 0 Å². The van der Waals surface area contributed by atoms with E-state index in [9.17, 15) is 4.79 Å². The summed E-state index contributed by atoms with van der Waals surface area (Å²) in [5, 5.41) is 3.43. The Balaban J connectivity index is 2.54. The Labute approximate surface area is 105 Å². The maximum Gasteiger partial charge on any atom is 0.246 e. The zero-order valence-corrected chi connectivity index (χ0v) is 11.1. The molecule has 0 bridgehead atoms. The van der Waals surface area contributed by atoms with Crippen LogP contribution in [-0.4, -0.2) is 36.0 Å². The number of amides is 1. The average molecular weight is 236 g/mol. The third-order valence-corrected chi connectivity index (χ3v) is 3.03. The van der Waals surface area contributed by atoms with Gasteiger partial charge in [-0.2, -0.15) is 0 Å². The Morgan fingerprint density at radius 3 is 2.76 bits per heavy atom. The highest BCUT2D eigenvalue weighted by Gasteiger charge is 2.21. The second-order valence-electron chi connectivity index (χ2n) is 4.76. The van der Waals surface area contributed by atoms with Crippen LogP contribution in [0.5, 0.6) is 0 Å². The van der Waals surface area contributed by atoms with Gasteiger partial charge in [-0.15, -0.1) is 0 Å². The van der Waals surface area contributed by atoms with Crippen LogP contribution in [0.15, 0.2) is 24.3 Å². The third-order valence-electron chi connectivity index (χ3n) is 3.03. The van der Waals surface area contributed by atoms with Crippen LogP contribution in [0.3, 0.4) is 0 Å². The van der Waals surface area contributed by atoms with Crippen LogP contribution >= 0.6 is 0 Å². The number of hydrogen-bond donors (Lipinski definition) is 1. The fraction of sp³-hybridized carbons (Fsp3) is 0.643. The van der Waals surface area contributed by atoms with E-state index in [4.69, 9.17) is 0 Å². The molecule has 1 rings (SSSR count). The van der Waals surface area contributed by atoms with Crippen LogP contribution in [0.2, 0.25) is 0 Å². The molecule has 0 aromatic rings. The summed E-state index contributed by atoms with van der Waals surface area (Å²) < 4.78 is 0. The molecule has 0 spiro atoms. The highest BCUT2D eigenvalue weighted by molar-refractivity contribution is 5.88. The number of carbonyl (C=O) groups is 1. The van der Waals surface area contributed by atoms with Gasteiger partial charge in [-0.1, -0.05) is 18.2 Å². The molecule has 3 nitrogen and oxygen atoms in total. The predicted octanol–water partition coefficient (Wildman–Crippen LogP) is 2.11. The summed E-state index contributed by atoms with van der Waals surface area (Å²) in [6, 6.07) is 0.719. The largest absolute Gasteiger partial charge is 0.335 e. The van der Waals surface area contributed by atoms with Crippen molar-refractivity contribution in [2.24, 2.45) is 0 Å². The fourth-order valence-electron chi connectivity index (χ4n) is 2.05. The van der Waals surface area contributed by atoms with Gasteiger partial charge in [0.2, 0.25) is 5.91 Å². The minimum atomic E-state index is 0.104. The van der Waals surface area contributed by atoms with Gasteiger partial charge in [0.25, 0.3) is 0 Å². The van der Waals surface area contributed by atoms with Gasteiger partial charge in [0.05, 0.1) is 0 Å². The molecule has 1 aliphatic heterocycles. The van der Waals surface area contributed by atoms with Crippen LogP contribution in [0, 0.1) is 0 Å². The first-order valence-electron chi connectivity index (χ1n) is 6.48. The van der Waals surface area contributed by atoms with E-state index in [1.807, 2.05) is 24.0 Å². The molecule has 17 heavy (non-hydrogen) atoms. The summed E-state index contributed by atoms with van der Waals surface area (Å²) >= 11 is 0. The minimum absolute atomic E-state index is 0.104. The van der Waals surface area contributed by atoms with Crippen molar-refractivity contribution < 1.29 is 4.79 Å². The Morgan fingerprint density at radius 2 is 2.24 bits per heavy atom. The number of hydrogen-bond acceptors (Lipinski definition) is 2. The Morgan fingerprint density at radius 1 is 1.47 bits per heavy atom. The van der Waals surface area contributed by atoms with Crippen LogP contribution < -0.4 is 5.32 Å². The lowest BCUT2D eigenvalue weighted by Crippen LogP contribution is -2.44. The highest BCUT2D eigenvalue weighted by atomic mass is 16.2. The van der Waals surface area contributed by atoms with Crippen LogP contribution in [0.1, 0.15) is 33.6 Å². The molecule has 96 valence electrons. The van der Waals surface area contributed by atoms with Crippen LogP contribution in [0.25, 0.3) is 0 Å². The summed E-state index contributed by atoms with van der Waals surface area (Å²) in [6.07, 6.45) is 9.65. The molecule has 1 amide bonds. The maximum absolute atomic E-state index is 12.0. The number of nitrogens with zero attached hydrogens (tertiary/aromatic N) is 1. The maximum atomic E-state index is 12.0. The van der Waals surface area contributed by atoms with Gasteiger partial charge < -0.3 is 10.2 Å². The van der Waals surface area contributed by atoms with Gasteiger partial charge in [-0.3, -0.25) is 4.79 Å². The van der Waals surface area contributed by atoms with E-state index in [1.165, 1.54) is 12.8 Å². The molecule has 1 N–H and O–H groups in total. The van der Waals surface area contributed by atoms with Gasteiger partial charge in [0.15, 0.2) is 0 Å². The molecule has 1 fully saturated rings. The van der Waals surface area contributed by atoms with Gasteiger partial charge >= 0.3 is 0 Å². The number of carbonyl (C=O) groups excluding carboxylic acids is 1. The molecular formula is C14H24N2O. The molecule has 0 saturated carbocycles. The molecule has 0 aliphatic carbocycles. The van der Waals surface area contributed by atoms with Gasteiger partial charge in [-0.05, 0) is 40.2 Å². The second kappa shape index (κ2) is 7.28. The molecule has 1 heterocycles. The molecule has 1 aliphatic rings. The smallest absolute Gasteiger partial charge is 0.246 e. The summed E-state index contributed by atoms with van der Waals surface area (Å²) in [7, 11) is 0. The molecule has 0 aromatic carbocycles. The first-order valence-corrected chi connectivity index (χ1v) is 6.48. The first kappa shape index (κ1) is 14.0. The van der Waals surface area contributed by atoms with Crippen LogP contribution in [0.4, 0.5) is 0 Å². The molecule has 3 heteroatoms. The van der Waals surface area contributed by atoms with Gasteiger partial charge in [0, 0.05) is 24.7 Å². The SMILES string of the molecule is CC=CC=CC(=O)N(CC1CCCN1)C(C)C. The van der Waals surface area contributed by atoms with Crippen LogP contribution in [-0.2, 0) is 4.79 Å². The van der Waals surface area contributed by atoms with Crippen molar-refractivity contribution in [1.29, 1.82) is 0 Å². The third kappa shape index (κ3) is 4.73. The normalized spacial score (nSPS) is 20.8. The van der Waals surface area contributed by atoms with Crippen molar-refractivity contribution in [2.45, 2.75) is 45.7 Å². The molecule has 1 saturated heterocycles. The van der Waals surface area contributed by atoms with Crippen molar-refractivity contribution in [3.63, 3.8) is 0 Å². The topological polar surface area (TPSA) is 32.3 Å². The zero-order valence-electron chi connectivity index (χ0n) is 11.1. The number of nitrogens with one attached hydrogen (secondary N) is 1. The standard InChI is InChI=1S/C14H24N2O/c1-4-5-6-9-14(17)16(12(2)3)11-13-8-7-10-15-13/h4-6,9,12-13,15H,7-8,10-11H2,1-3H3. The molecule has 0 radical (unpaired) electrons. The van der Waals surface area contributed by atoms with Crippen molar-refractivity contribution in [2.75, 3.05) is 13.1 Å². The zero-order chi connectivity index (χ0) is 12.7. The van der Waals surface area contributed by atoms with E-state index in [-0.39, 0.29) is 11.9 Å². The highest BCUT2D eigenvalue weighted by Crippen LogP contribution is 2.10. The van der Waals surface area contributed by atoms with E-state index in [0.717, 1.165) is 13.1 Å². The summed E-state index contributed by atoms with van der Waals surface area (Å²) in [4.78, 5) is 14.0. The van der Waals surface area contributed by atoms with Gasteiger partial charge in [0.1, 0.15) is 0 Å². The van der Waals surface area contributed by atoms with E-state index >= 15 is 0 Å². The van der Waals surface area contributed by atoms with E-state index < -0.39 is 0 Å². The quantitative estimate of drug-likeness (QED) is 0.585. The fourth-order valence-corrected chi connectivity index (χ4v) is 2.05. The lowest BCUT2D eigenvalue weighted by molar-refractivity contribution is -0.128. The first-order chi connectivity index (χ1) is 8.15. The molecule has 1 atom stereocenters. The molecule has 1 unspecified atom stereocenters. The van der Waals surface area contributed by atoms with Gasteiger partial charge in [-0.25, -0.2) is 0 Å². The van der Waals surface area contributed by atoms with Crippen molar-refractivity contribution in [1.82, 2.24) is 10.2 Å². The monoisotopic (exact) mass is 236 g/mol. The lowest BCUT2D eigenvalue weighted by Gasteiger charge is -2.28. The summed E-state index contributed by atoms with van der Waals surface area (Å²) in [6.45, 7) is 7.97. The predicted molar refractivity (Wildman–Crippen MR) is 71.8 cm³/mol.